The molecule has 0 unspecified atom stereocenters. The molecule has 0 bridgehead atoms. The van der Waals surface area contributed by atoms with Gasteiger partial charge in [-0.25, -0.2) is 8.42 Å². The lowest BCUT2D eigenvalue weighted by atomic mass is 9.77. The van der Waals surface area contributed by atoms with Crippen LogP contribution in [-0.4, -0.2) is 62.0 Å². The molecule has 0 radical (unpaired) electrons. The first-order valence-corrected chi connectivity index (χ1v) is 10.0. The van der Waals surface area contributed by atoms with Gasteiger partial charge in [0, 0.05) is 55.8 Å². The highest BCUT2D eigenvalue weighted by Crippen LogP contribution is 2.41. The van der Waals surface area contributed by atoms with Crippen LogP contribution >= 0.6 is 0 Å². The number of amides is 2. The van der Waals surface area contributed by atoms with E-state index in [1.807, 2.05) is 16.7 Å². The normalized spacial score (nSPS) is 28.7. The van der Waals surface area contributed by atoms with E-state index in [1.165, 1.54) is 5.41 Å². The Hall–Kier alpha value is -1.37. The van der Waals surface area contributed by atoms with E-state index in [1.54, 1.807) is 6.08 Å². The summed E-state index contributed by atoms with van der Waals surface area (Å²) in [7, 11) is -3.10. The fourth-order valence-corrected chi connectivity index (χ4v) is 5.35. The molecule has 1 atom stereocenters. The van der Waals surface area contributed by atoms with Gasteiger partial charge in [0.2, 0.25) is 11.8 Å². The van der Waals surface area contributed by atoms with Crippen molar-refractivity contribution in [3.8, 4) is 0 Å². The van der Waals surface area contributed by atoms with Gasteiger partial charge in [-0.2, -0.15) is 0 Å². The van der Waals surface area contributed by atoms with Crippen LogP contribution in [0.15, 0.2) is 11.5 Å². The Morgan fingerprint density at radius 3 is 2.57 bits per heavy atom. The third-order valence-electron chi connectivity index (χ3n) is 5.40. The van der Waals surface area contributed by atoms with E-state index < -0.39 is 9.84 Å². The maximum absolute atomic E-state index is 12.4. The van der Waals surface area contributed by atoms with Crippen LogP contribution in [0.1, 0.15) is 32.6 Å². The van der Waals surface area contributed by atoms with Crippen molar-refractivity contribution in [2.45, 2.75) is 32.6 Å². The van der Waals surface area contributed by atoms with Crippen LogP contribution in [0.4, 0.5) is 0 Å². The molecule has 3 heterocycles. The highest BCUT2D eigenvalue weighted by Gasteiger charge is 2.44. The maximum Gasteiger partial charge on any atom is 0.223 e. The second kappa shape index (κ2) is 5.92. The first-order valence-electron chi connectivity index (χ1n) is 8.29. The maximum atomic E-state index is 12.4. The van der Waals surface area contributed by atoms with Gasteiger partial charge in [-0.15, -0.1) is 0 Å². The standard InChI is InChI=1S/C16H24N2O4S/c1-2-17-12-16(10-15(17)20)4-6-18(7-5-16)14(19)9-13-3-8-23(21,22)11-13/h3,8,13H,2,4-7,9-12H2,1H3/t13-/m0/s1. The molecule has 3 aliphatic rings. The summed E-state index contributed by atoms with van der Waals surface area (Å²) >= 11 is 0. The van der Waals surface area contributed by atoms with Gasteiger partial charge < -0.3 is 9.80 Å². The third-order valence-corrected chi connectivity index (χ3v) is 6.87. The Morgan fingerprint density at radius 1 is 1.35 bits per heavy atom. The molecule has 3 aliphatic heterocycles. The number of hydrogen-bond donors (Lipinski definition) is 0. The molecule has 0 aliphatic carbocycles. The molecule has 0 saturated carbocycles. The number of allylic oxidation sites excluding steroid dienone is 1. The predicted molar refractivity (Wildman–Crippen MR) is 86.2 cm³/mol. The number of sulfone groups is 1. The first-order chi connectivity index (χ1) is 10.8. The van der Waals surface area contributed by atoms with Crippen LogP contribution in [0.5, 0.6) is 0 Å². The topological polar surface area (TPSA) is 74.8 Å². The van der Waals surface area contributed by atoms with E-state index in [-0.39, 0.29) is 35.3 Å². The van der Waals surface area contributed by atoms with Gasteiger partial charge in [0.1, 0.15) is 0 Å². The van der Waals surface area contributed by atoms with Crippen LogP contribution in [0.2, 0.25) is 0 Å². The lowest BCUT2D eigenvalue weighted by Gasteiger charge is -2.39. The van der Waals surface area contributed by atoms with Gasteiger partial charge in [-0.3, -0.25) is 9.59 Å². The summed E-state index contributed by atoms with van der Waals surface area (Å²) < 4.78 is 22.8. The Kier molecular flexibility index (Phi) is 4.25. The van der Waals surface area contributed by atoms with E-state index in [9.17, 15) is 18.0 Å². The highest BCUT2D eigenvalue weighted by molar-refractivity contribution is 7.94. The summed E-state index contributed by atoms with van der Waals surface area (Å²) in [6.45, 7) is 4.91. The van der Waals surface area contributed by atoms with E-state index in [4.69, 9.17) is 0 Å². The number of nitrogens with zero attached hydrogens (tertiary/aromatic N) is 2. The summed E-state index contributed by atoms with van der Waals surface area (Å²) in [6.07, 6.45) is 4.22. The monoisotopic (exact) mass is 340 g/mol. The van der Waals surface area contributed by atoms with Crippen LogP contribution in [-0.2, 0) is 19.4 Å². The molecule has 128 valence electrons. The molecule has 2 amide bonds. The molecule has 0 N–H and O–H groups in total. The minimum atomic E-state index is -3.10. The van der Waals surface area contributed by atoms with Gasteiger partial charge in [-0.05, 0) is 19.8 Å². The average Bonchev–Trinajstić information content (AvgIpc) is 2.99. The predicted octanol–water partition coefficient (Wildman–Crippen LogP) is 0.796. The van der Waals surface area contributed by atoms with Crippen molar-refractivity contribution in [3.63, 3.8) is 0 Å². The van der Waals surface area contributed by atoms with Crippen molar-refractivity contribution in [2.75, 3.05) is 31.9 Å². The number of carbonyl (C=O) groups is 2. The third kappa shape index (κ3) is 3.44. The van der Waals surface area contributed by atoms with Crippen molar-refractivity contribution < 1.29 is 18.0 Å². The zero-order valence-electron chi connectivity index (χ0n) is 13.5. The zero-order chi connectivity index (χ0) is 16.7. The molecule has 23 heavy (non-hydrogen) atoms. The van der Waals surface area contributed by atoms with Crippen molar-refractivity contribution in [1.82, 2.24) is 9.80 Å². The fourth-order valence-electron chi connectivity index (χ4n) is 3.96. The Labute approximate surface area is 137 Å². The summed E-state index contributed by atoms with van der Waals surface area (Å²) in [5.41, 5.74) is 0.0421. The SMILES string of the molecule is CCN1CC2(CCN(C(=O)C[C@@H]3C=CS(=O)(=O)C3)CC2)CC1=O. The first kappa shape index (κ1) is 16.5. The molecule has 7 heteroatoms. The molecule has 2 fully saturated rings. The van der Waals surface area contributed by atoms with Gasteiger partial charge in [0.15, 0.2) is 9.84 Å². The molecule has 6 nitrogen and oxygen atoms in total. The number of likely N-dealkylation sites (tertiary alicyclic amines) is 2. The summed E-state index contributed by atoms with van der Waals surface area (Å²) in [4.78, 5) is 28.1. The van der Waals surface area contributed by atoms with E-state index in [0.29, 0.717) is 19.5 Å². The quantitative estimate of drug-likeness (QED) is 0.761. The van der Waals surface area contributed by atoms with Crippen LogP contribution in [0.25, 0.3) is 0 Å². The largest absolute Gasteiger partial charge is 0.343 e. The molecule has 2 saturated heterocycles. The molecular formula is C16H24N2O4S. The van der Waals surface area contributed by atoms with Crippen LogP contribution < -0.4 is 0 Å². The second-order valence-electron chi connectivity index (χ2n) is 7.09. The van der Waals surface area contributed by atoms with Gasteiger partial charge in [0.05, 0.1) is 5.75 Å². The van der Waals surface area contributed by atoms with Gasteiger partial charge >= 0.3 is 0 Å². The van der Waals surface area contributed by atoms with Crippen molar-refractivity contribution >= 4 is 21.7 Å². The van der Waals surface area contributed by atoms with Crippen molar-refractivity contribution in [3.05, 3.63) is 11.5 Å². The smallest absolute Gasteiger partial charge is 0.223 e. The number of hydrogen-bond acceptors (Lipinski definition) is 4. The molecule has 0 aromatic heterocycles. The van der Waals surface area contributed by atoms with Crippen LogP contribution in [0.3, 0.4) is 0 Å². The lowest BCUT2D eigenvalue weighted by molar-refractivity contribution is -0.134. The van der Waals surface area contributed by atoms with Crippen molar-refractivity contribution in [1.29, 1.82) is 0 Å². The summed E-state index contributed by atoms with van der Waals surface area (Å²) in [6, 6.07) is 0. The number of piperidine rings is 1. The van der Waals surface area contributed by atoms with Gasteiger partial charge in [-0.1, -0.05) is 6.08 Å². The second-order valence-corrected chi connectivity index (χ2v) is 9.02. The summed E-state index contributed by atoms with van der Waals surface area (Å²) in [5, 5.41) is 1.22. The van der Waals surface area contributed by atoms with E-state index in [0.717, 1.165) is 25.9 Å². The number of carbonyl (C=O) groups excluding carboxylic acids is 2. The minimum Gasteiger partial charge on any atom is -0.343 e. The fraction of sp³-hybridized carbons (Fsp3) is 0.750. The molecule has 0 aromatic carbocycles. The van der Waals surface area contributed by atoms with Crippen LogP contribution in [0, 0.1) is 11.3 Å². The Balaban J connectivity index is 1.52. The number of rotatable bonds is 3. The molecule has 0 aromatic rings. The Morgan fingerprint density at radius 2 is 2.04 bits per heavy atom. The molecule has 3 rings (SSSR count). The van der Waals surface area contributed by atoms with Crippen molar-refractivity contribution in [2.24, 2.45) is 11.3 Å². The lowest BCUT2D eigenvalue weighted by Crippen LogP contribution is -2.44. The molecular weight excluding hydrogens is 316 g/mol. The minimum absolute atomic E-state index is 0.0308. The summed E-state index contributed by atoms with van der Waals surface area (Å²) in [5.74, 6) is 0.125. The zero-order valence-corrected chi connectivity index (χ0v) is 14.3. The van der Waals surface area contributed by atoms with Gasteiger partial charge in [0.25, 0.3) is 0 Å². The van der Waals surface area contributed by atoms with E-state index >= 15 is 0 Å². The average molecular weight is 340 g/mol. The van der Waals surface area contributed by atoms with E-state index in [2.05, 4.69) is 0 Å². The highest BCUT2D eigenvalue weighted by atomic mass is 32.2. The Bertz CT molecular complexity index is 632. The molecule has 1 spiro atoms.